The summed E-state index contributed by atoms with van der Waals surface area (Å²) in [5, 5.41) is 3.96. The molecule has 148 valence electrons. The van der Waals surface area contributed by atoms with Gasteiger partial charge in [-0.1, -0.05) is 25.1 Å². The topological polar surface area (TPSA) is 64.0 Å². The maximum Gasteiger partial charge on any atom is 0.263 e. The normalized spacial score (nSPS) is 11.1. The minimum atomic E-state index is -0.355. The van der Waals surface area contributed by atoms with Crippen LogP contribution in [-0.4, -0.2) is 21.2 Å². The van der Waals surface area contributed by atoms with Crippen molar-refractivity contribution in [1.29, 1.82) is 0 Å². The number of thioether (sulfide) groups is 1. The number of aryl methyl sites for hydroxylation is 2. The van der Waals surface area contributed by atoms with Gasteiger partial charge in [-0.05, 0) is 50.1 Å². The molecule has 0 atom stereocenters. The lowest BCUT2D eigenvalue weighted by atomic mass is 10.2. The largest absolute Gasteiger partial charge is 0.325 e. The van der Waals surface area contributed by atoms with E-state index in [-0.39, 0.29) is 23.0 Å². The van der Waals surface area contributed by atoms with Crippen molar-refractivity contribution in [2.24, 2.45) is 0 Å². The number of rotatable bonds is 7. The molecule has 0 aliphatic rings. The van der Waals surface area contributed by atoms with Crippen LogP contribution in [-0.2, 0) is 11.3 Å². The van der Waals surface area contributed by atoms with Gasteiger partial charge in [-0.3, -0.25) is 14.2 Å². The first-order valence-electron chi connectivity index (χ1n) is 9.09. The zero-order chi connectivity index (χ0) is 20.3. The van der Waals surface area contributed by atoms with E-state index in [1.165, 1.54) is 47.4 Å². The predicted octanol–water partition coefficient (Wildman–Crippen LogP) is 4.74. The number of anilines is 1. The number of carbonyl (C=O) groups is 1. The summed E-state index contributed by atoms with van der Waals surface area (Å²) in [4.78, 5) is 31.8. The molecule has 0 spiro atoms. The summed E-state index contributed by atoms with van der Waals surface area (Å²) in [6, 6.07) is 5.61. The lowest BCUT2D eigenvalue weighted by Crippen LogP contribution is -2.24. The standard InChI is InChI=1S/C20H22FN3O2S2/c1-4-5-10-24-19(26)17-12(2)13(3)28-18(17)23-20(24)27-11-16(25)22-15-8-6-14(21)7-9-15/h6-9H,4-5,10-11H2,1-3H3,(H,22,25). The third-order valence-electron chi connectivity index (χ3n) is 4.45. The van der Waals surface area contributed by atoms with Gasteiger partial charge in [0.15, 0.2) is 5.16 Å². The van der Waals surface area contributed by atoms with Gasteiger partial charge in [-0.25, -0.2) is 9.37 Å². The van der Waals surface area contributed by atoms with E-state index in [1.807, 2.05) is 13.8 Å². The van der Waals surface area contributed by atoms with Crippen molar-refractivity contribution in [2.45, 2.75) is 45.3 Å². The molecule has 1 amide bonds. The second-order valence-corrected chi connectivity index (χ2v) is 8.66. The van der Waals surface area contributed by atoms with Gasteiger partial charge in [-0.2, -0.15) is 0 Å². The summed E-state index contributed by atoms with van der Waals surface area (Å²) >= 11 is 2.75. The number of fused-ring (bicyclic) bond motifs is 1. The van der Waals surface area contributed by atoms with Crippen molar-refractivity contribution < 1.29 is 9.18 Å². The molecular formula is C20H22FN3O2S2. The highest BCUT2D eigenvalue weighted by molar-refractivity contribution is 7.99. The molecular weight excluding hydrogens is 397 g/mol. The van der Waals surface area contributed by atoms with Crippen LogP contribution in [0, 0.1) is 19.7 Å². The van der Waals surface area contributed by atoms with E-state index in [1.54, 1.807) is 4.57 Å². The molecule has 3 aromatic rings. The number of nitrogens with one attached hydrogen (secondary N) is 1. The lowest BCUT2D eigenvalue weighted by Gasteiger charge is -2.12. The Hall–Kier alpha value is -2.19. The van der Waals surface area contributed by atoms with Crippen LogP contribution in [0.5, 0.6) is 0 Å². The highest BCUT2D eigenvalue weighted by Crippen LogP contribution is 2.28. The number of hydrogen-bond acceptors (Lipinski definition) is 5. The number of hydrogen-bond donors (Lipinski definition) is 1. The Balaban J connectivity index is 1.83. The van der Waals surface area contributed by atoms with Gasteiger partial charge in [0.2, 0.25) is 5.91 Å². The zero-order valence-corrected chi connectivity index (χ0v) is 17.7. The third kappa shape index (κ3) is 4.44. The molecule has 0 saturated carbocycles. The molecule has 0 fully saturated rings. The Labute approximate surface area is 171 Å². The predicted molar refractivity (Wildman–Crippen MR) is 114 cm³/mol. The van der Waals surface area contributed by atoms with E-state index in [0.717, 1.165) is 23.3 Å². The van der Waals surface area contributed by atoms with Crippen molar-refractivity contribution in [3.05, 3.63) is 50.9 Å². The Kier molecular flexibility index (Phi) is 6.51. The van der Waals surface area contributed by atoms with E-state index in [2.05, 4.69) is 17.2 Å². The number of aromatic nitrogens is 2. The molecule has 5 nitrogen and oxygen atoms in total. The Morgan fingerprint density at radius 1 is 1.29 bits per heavy atom. The fourth-order valence-electron chi connectivity index (χ4n) is 2.79. The van der Waals surface area contributed by atoms with Gasteiger partial charge in [0.1, 0.15) is 10.6 Å². The maximum absolute atomic E-state index is 13.0. The smallest absolute Gasteiger partial charge is 0.263 e. The van der Waals surface area contributed by atoms with Crippen LogP contribution in [0.25, 0.3) is 10.2 Å². The fraction of sp³-hybridized carbons (Fsp3) is 0.350. The summed E-state index contributed by atoms with van der Waals surface area (Å²) < 4.78 is 14.7. The molecule has 0 radical (unpaired) electrons. The number of amides is 1. The second-order valence-electron chi connectivity index (χ2n) is 6.51. The van der Waals surface area contributed by atoms with Crippen LogP contribution in [0.1, 0.15) is 30.2 Å². The summed E-state index contributed by atoms with van der Waals surface area (Å²) in [6.07, 6.45) is 1.83. The fourth-order valence-corrected chi connectivity index (χ4v) is 4.69. The van der Waals surface area contributed by atoms with Crippen LogP contribution >= 0.6 is 23.1 Å². The highest BCUT2D eigenvalue weighted by Gasteiger charge is 2.17. The quantitative estimate of drug-likeness (QED) is 0.444. The number of nitrogens with zero attached hydrogens (tertiary/aromatic N) is 2. The summed E-state index contributed by atoms with van der Waals surface area (Å²) in [5.41, 5.74) is 1.47. The maximum atomic E-state index is 13.0. The lowest BCUT2D eigenvalue weighted by molar-refractivity contribution is -0.113. The zero-order valence-electron chi connectivity index (χ0n) is 16.0. The van der Waals surface area contributed by atoms with Crippen LogP contribution in [0.3, 0.4) is 0 Å². The number of halogens is 1. The van der Waals surface area contributed by atoms with Crippen molar-refractivity contribution in [2.75, 3.05) is 11.1 Å². The number of carbonyl (C=O) groups excluding carboxylic acids is 1. The van der Waals surface area contributed by atoms with Crippen LogP contribution < -0.4 is 10.9 Å². The Morgan fingerprint density at radius 3 is 2.68 bits per heavy atom. The molecule has 8 heteroatoms. The van der Waals surface area contributed by atoms with Crippen LogP contribution in [0.2, 0.25) is 0 Å². The van der Waals surface area contributed by atoms with Crippen LogP contribution in [0.4, 0.5) is 10.1 Å². The molecule has 2 heterocycles. The van der Waals surface area contributed by atoms with Crippen LogP contribution in [0.15, 0.2) is 34.2 Å². The van der Waals surface area contributed by atoms with E-state index < -0.39 is 0 Å². The molecule has 0 aliphatic carbocycles. The minimum absolute atomic E-state index is 0.0401. The van der Waals surface area contributed by atoms with Gasteiger partial charge >= 0.3 is 0 Å². The van der Waals surface area contributed by atoms with Crippen molar-refractivity contribution in [3.63, 3.8) is 0 Å². The molecule has 28 heavy (non-hydrogen) atoms. The first kappa shape index (κ1) is 20.5. The van der Waals surface area contributed by atoms with E-state index in [4.69, 9.17) is 0 Å². The van der Waals surface area contributed by atoms with E-state index in [9.17, 15) is 14.0 Å². The van der Waals surface area contributed by atoms with Gasteiger partial charge < -0.3 is 5.32 Å². The third-order valence-corrected chi connectivity index (χ3v) is 6.53. The van der Waals surface area contributed by atoms with Crippen molar-refractivity contribution >= 4 is 44.9 Å². The van der Waals surface area contributed by atoms with E-state index in [0.29, 0.717) is 27.6 Å². The minimum Gasteiger partial charge on any atom is -0.325 e. The van der Waals surface area contributed by atoms with Gasteiger partial charge in [0.05, 0.1) is 11.1 Å². The van der Waals surface area contributed by atoms with Crippen molar-refractivity contribution in [3.8, 4) is 0 Å². The molecule has 1 N–H and O–H groups in total. The van der Waals surface area contributed by atoms with Gasteiger partial charge in [0, 0.05) is 17.1 Å². The number of benzene rings is 1. The molecule has 0 aliphatic heterocycles. The highest BCUT2D eigenvalue weighted by atomic mass is 32.2. The molecule has 0 saturated heterocycles. The molecule has 0 unspecified atom stereocenters. The van der Waals surface area contributed by atoms with E-state index >= 15 is 0 Å². The molecule has 0 bridgehead atoms. The average molecular weight is 420 g/mol. The van der Waals surface area contributed by atoms with Gasteiger partial charge in [-0.15, -0.1) is 11.3 Å². The number of thiophene rings is 1. The first-order valence-corrected chi connectivity index (χ1v) is 10.9. The summed E-state index contributed by atoms with van der Waals surface area (Å²) in [7, 11) is 0. The molecule has 1 aromatic carbocycles. The Bertz CT molecular complexity index is 1060. The monoisotopic (exact) mass is 419 g/mol. The number of unbranched alkanes of at least 4 members (excludes halogenated alkanes) is 1. The summed E-state index contributed by atoms with van der Waals surface area (Å²) in [5.74, 6) is -0.469. The first-order chi connectivity index (χ1) is 13.4. The molecule has 2 aromatic heterocycles. The molecule has 3 rings (SSSR count). The van der Waals surface area contributed by atoms with Crippen molar-refractivity contribution in [1.82, 2.24) is 9.55 Å². The average Bonchev–Trinajstić information content (AvgIpc) is 2.95. The second kappa shape index (κ2) is 8.87. The van der Waals surface area contributed by atoms with Gasteiger partial charge in [0.25, 0.3) is 5.56 Å². The summed E-state index contributed by atoms with van der Waals surface area (Å²) in [6.45, 7) is 6.58. The SMILES string of the molecule is CCCCn1c(SCC(=O)Nc2ccc(F)cc2)nc2sc(C)c(C)c2c1=O. The Morgan fingerprint density at radius 2 is 2.00 bits per heavy atom.